The van der Waals surface area contributed by atoms with Crippen LogP contribution in [0.1, 0.15) is 12.8 Å². The molecule has 2 N–H and O–H groups in total. The molecular formula is C12H22N2O4. The van der Waals surface area contributed by atoms with Crippen LogP contribution in [0.15, 0.2) is 0 Å². The molecule has 2 unspecified atom stereocenters. The van der Waals surface area contributed by atoms with E-state index in [1.165, 1.54) is 0 Å². The van der Waals surface area contributed by atoms with E-state index in [9.17, 15) is 4.79 Å². The van der Waals surface area contributed by atoms with Gasteiger partial charge in [-0.1, -0.05) is 0 Å². The summed E-state index contributed by atoms with van der Waals surface area (Å²) in [5.41, 5.74) is -0.125. The maximum absolute atomic E-state index is 11.9. The van der Waals surface area contributed by atoms with E-state index in [0.717, 1.165) is 19.4 Å². The Morgan fingerprint density at radius 3 is 3.06 bits per heavy atom. The van der Waals surface area contributed by atoms with Gasteiger partial charge in [-0.3, -0.25) is 4.79 Å². The Morgan fingerprint density at radius 2 is 2.44 bits per heavy atom. The van der Waals surface area contributed by atoms with E-state index >= 15 is 0 Å². The van der Waals surface area contributed by atoms with Crippen LogP contribution in [0.3, 0.4) is 0 Å². The molecule has 104 valence electrons. The zero-order valence-electron chi connectivity index (χ0n) is 10.9. The van der Waals surface area contributed by atoms with Crippen molar-refractivity contribution in [3.05, 3.63) is 0 Å². The number of ether oxygens (including phenoxy) is 3. The highest BCUT2D eigenvalue weighted by molar-refractivity contribution is 5.81. The summed E-state index contributed by atoms with van der Waals surface area (Å²) < 4.78 is 15.8. The molecule has 6 heteroatoms. The van der Waals surface area contributed by atoms with Crippen LogP contribution < -0.4 is 10.6 Å². The van der Waals surface area contributed by atoms with Crippen molar-refractivity contribution >= 4 is 5.91 Å². The number of amides is 1. The Hall–Kier alpha value is -0.690. The van der Waals surface area contributed by atoms with Crippen LogP contribution in [0.2, 0.25) is 0 Å². The lowest BCUT2D eigenvalue weighted by Crippen LogP contribution is -2.55. The maximum Gasteiger partial charge on any atom is 0.251 e. The zero-order valence-corrected chi connectivity index (χ0v) is 10.9. The van der Waals surface area contributed by atoms with Crippen molar-refractivity contribution in [3.63, 3.8) is 0 Å². The Kier molecular flexibility index (Phi) is 4.94. The zero-order chi connectivity index (χ0) is 12.8. The SMILES string of the molecule is COCC1(CNC(=O)C2COCCO2)CCCN1. The van der Waals surface area contributed by atoms with E-state index in [4.69, 9.17) is 14.2 Å². The predicted octanol–water partition coefficient (Wildman–Crippen LogP) is -0.713. The molecule has 2 rings (SSSR count). The Labute approximate surface area is 107 Å². The number of hydrogen-bond donors (Lipinski definition) is 2. The second kappa shape index (κ2) is 6.47. The highest BCUT2D eigenvalue weighted by Crippen LogP contribution is 2.18. The van der Waals surface area contributed by atoms with Gasteiger partial charge >= 0.3 is 0 Å². The maximum atomic E-state index is 11.9. The first-order chi connectivity index (χ1) is 8.76. The van der Waals surface area contributed by atoms with Crippen molar-refractivity contribution in [2.75, 3.05) is 46.6 Å². The van der Waals surface area contributed by atoms with Crippen molar-refractivity contribution in [1.29, 1.82) is 0 Å². The normalized spacial score (nSPS) is 32.4. The summed E-state index contributed by atoms with van der Waals surface area (Å²) in [6.45, 7) is 3.55. The van der Waals surface area contributed by atoms with Crippen molar-refractivity contribution < 1.29 is 19.0 Å². The fourth-order valence-corrected chi connectivity index (χ4v) is 2.48. The number of carbonyl (C=O) groups excluding carboxylic acids is 1. The lowest BCUT2D eigenvalue weighted by molar-refractivity contribution is -0.147. The molecule has 2 fully saturated rings. The van der Waals surface area contributed by atoms with Crippen LogP contribution in [0.4, 0.5) is 0 Å². The molecular weight excluding hydrogens is 236 g/mol. The molecule has 0 radical (unpaired) electrons. The molecule has 6 nitrogen and oxygen atoms in total. The molecule has 0 aliphatic carbocycles. The third-order valence-corrected chi connectivity index (χ3v) is 3.46. The van der Waals surface area contributed by atoms with Crippen molar-refractivity contribution in [1.82, 2.24) is 10.6 Å². The number of hydrogen-bond acceptors (Lipinski definition) is 5. The van der Waals surface area contributed by atoms with Gasteiger partial charge in [0.05, 0.1) is 32.0 Å². The summed E-state index contributed by atoms with van der Waals surface area (Å²) in [6, 6.07) is 0. The molecule has 2 aliphatic rings. The van der Waals surface area contributed by atoms with Gasteiger partial charge < -0.3 is 24.8 Å². The molecule has 2 saturated heterocycles. The van der Waals surface area contributed by atoms with E-state index in [0.29, 0.717) is 33.0 Å². The van der Waals surface area contributed by atoms with Gasteiger partial charge in [0, 0.05) is 13.7 Å². The average Bonchev–Trinajstić information content (AvgIpc) is 2.87. The average molecular weight is 258 g/mol. The smallest absolute Gasteiger partial charge is 0.251 e. The number of nitrogens with one attached hydrogen (secondary N) is 2. The van der Waals surface area contributed by atoms with E-state index in [1.54, 1.807) is 7.11 Å². The predicted molar refractivity (Wildman–Crippen MR) is 65.4 cm³/mol. The Morgan fingerprint density at radius 1 is 1.56 bits per heavy atom. The molecule has 0 spiro atoms. The van der Waals surface area contributed by atoms with Crippen LogP contribution in [0.5, 0.6) is 0 Å². The monoisotopic (exact) mass is 258 g/mol. The van der Waals surface area contributed by atoms with Gasteiger partial charge in [-0.25, -0.2) is 0 Å². The second-order valence-corrected chi connectivity index (χ2v) is 4.90. The summed E-state index contributed by atoms with van der Waals surface area (Å²) in [7, 11) is 1.68. The summed E-state index contributed by atoms with van der Waals surface area (Å²) in [5.74, 6) is -0.0983. The minimum Gasteiger partial charge on any atom is -0.383 e. The van der Waals surface area contributed by atoms with E-state index in [1.807, 2.05) is 0 Å². The molecule has 18 heavy (non-hydrogen) atoms. The van der Waals surface area contributed by atoms with Gasteiger partial charge in [0.25, 0.3) is 5.91 Å². The topological polar surface area (TPSA) is 68.8 Å². The summed E-state index contributed by atoms with van der Waals surface area (Å²) in [4.78, 5) is 11.9. The molecule has 0 aromatic heterocycles. The number of rotatable bonds is 5. The van der Waals surface area contributed by atoms with Gasteiger partial charge in [-0.05, 0) is 19.4 Å². The van der Waals surface area contributed by atoms with Gasteiger partial charge in [0.2, 0.25) is 0 Å². The highest BCUT2D eigenvalue weighted by Gasteiger charge is 2.34. The second-order valence-electron chi connectivity index (χ2n) is 4.90. The largest absolute Gasteiger partial charge is 0.383 e. The van der Waals surface area contributed by atoms with Crippen molar-refractivity contribution in [2.45, 2.75) is 24.5 Å². The molecule has 2 aliphatic heterocycles. The summed E-state index contributed by atoms with van der Waals surface area (Å²) in [6.07, 6.45) is 1.66. The Bertz CT molecular complexity index is 273. The van der Waals surface area contributed by atoms with Crippen molar-refractivity contribution in [3.8, 4) is 0 Å². The van der Waals surface area contributed by atoms with Crippen LogP contribution in [-0.4, -0.2) is 64.2 Å². The van der Waals surface area contributed by atoms with Gasteiger partial charge in [-0.15, -0.1) is 0 Å². The van der Waals surface area contributed by atoms with Gasteiger partial charge in [0.15, 0.2) is 6.10 Å². The molecule has 2 heterocycles. The molecule has 0 saturated carbocycles. The van der Waals surface area contributed by atoms with Gasteiger partial charge in [0.1, 0.15) is 0 Å². The first kappa shape index (κ1) is 13.7. The van der Waals surface area contributed by atoms with Crippen LogP contribution in [-0.2, 0) is 19.0 Å². The van der Waals surface area contributed by atoms with Crippen molar-refractivity contribution in [2.24, 2.45) is 0 Å². The molecule has 0 bridgehead atoms. The molecule has 0 aromatic carbocycles. The lowest BCUT2D eigenvalue weighted by atomic mass is 9.98. The quantitative estimate of drug-likeness (QED) is 0.681. The van der Waals surface area contributed by atoms with Crippen LogP contribution in [0.25, 0.3) is 0 Å². The summed E-state index contributed by atoms with van der Waals surface area (Å²) in [5, 5.41) is 6.35. The van der Waals surface area contributed by atoms with Crippen LogP contribution in [0, 0.1) is 0 Å². The van der Waals surface area contributed by atoms with E-state index in [-0.39, 0.29) is 11.4 Å². The van der Waals surface area contributed by atoms with E-state index in [2.05, 4.69) is 10.6 Å². The lowest BCUT2D eigenvalue weighted by Gasteiger charge is -2.30. The highest BCUT2D eigenvalue weighted by atomic mass is 16.6. The van der Waals surface area contributed by atoms with Crippen LogP contribution >= 0.6 is 0 Å². The fourth-order valence-electron chi connectivity index (χ4n) is 2.48. The standard InChI is InChI=1S/C12H22N2O4/c1-16-9-12(3-2-4-14-12)8-13-11(15)10-7-17-5-6-18-10/h10,14H,2-9H2,1H3,(H,13,15). The molecule has 1 amide bonds. The third-order valence-electron chi connectivity index (χ3n) is 3.46. The first-order valence-electron chi connectivity index (χ1n) is 6.47. The number of methoxy groups -OCH3 is 1. The van der Waals surface area contributed by atoms with Gasteiger partial charge in [-0.2, -0.15) is 0 Å². The minimum atomic E-state index is -0.472. The van der Waals surface area contributed by atoms with E-state index < -0.39 is 6.10 Å². The Balaban J connectivity index is 1.79. The minimum absolute atomic E-state index is 0.0983. The molecule has 0 aromatic rings. The summed E-state index contributed by atoms with van der Waals surface area (Å²) >= 11 is 0. The first-order valence-corrected chi connectivity index (χ1v) is 6.47. The molecule has 2 atom stereocenters. The number of carbonyl (C=O) groups is 1. The fraction of sp³-hybridized carbons (Fsp3) is 0.917. The third kappa shape index (κ3) is 3.41.